The molecule has 0 N–H and O–H groups in total. The SMILES string of the molecule is Cc1cc(-c2ccc(C(=O)N3CCO[C@@H](C4CC4)C3)cc2)c(Cl)cc1F. The summed E-state index contributed by atoms with van der Waals surface area (Å²) in [4.78, 5) is 14.7. The smallest absolute Gasteiger partial charge is 0.254 e. The first-order valence-electron chi connectivity index (χ1n) is 9.00. The number of carbonyl (C=O) groups excluding carboxylic acids is 1. The third-order valence-electron chi connectivity index (χ3n) is 5.22. The Balaban J connectivity index is 1.52. The van der Waals surface area contributed by atoms with Crippen LogP contribution in [0.5, 0.6) is 0 Å². The first-order valence-corrected chi connectivity index (χ1v) is 9.37. The number of nitrogens with zero attached hydrogens (tertiary/aromatic N) is 1. The van der Waals surface area contributed by atoms with Crippen molar-refractivity contribution in [2.24, 2.45) is 5.92 Å². The predicted molar refractivity (Wildman–Crippen MR) is 100.0 cm³/mol. The Bertz CT molecular complexity index is 833. The number of aryl methyl sites for hydroxylation is 1. The quantitative estimate of drug-likeness (QED) is 0.780. The Hall–Kier alpha value is -1.91. The van der Waals surface area contributed by atoms with E-state index in [-0.39, 0.29) is 17.8 Å². The minimum atomic E-state index is -0.317. The van der Waals surface area contributed by atoms with Gasteiger partial charge in [0.1, 0.15) is 5.82 Å². The molecule has 1 saturated carbocycles. The van der Waals surface area contributed by atoms with Crippen LogP contribution in [0.25, 0.3) is 11.1 Å². The highest BCUT2D eigenvalue weighted by molar-refractivity contribution is 6.33. The van der Waals surface area contributed by atoms with E-state index in [1.54, 1.807) is 13.0 Å². The van der Waals surface area contributed by atoms with E-state index in [2.05, 4.69) is 0 Å². The van der Waals surface area contributed by atoms with E-state index < -0.39 is 0 Å². The molecule has 26 heavy (non-hydrogen) atoms. The number of carbonyl (C=O) groups is 1. The number of morpholine rings is 1. The molecule has 1 heterocycles. The second kappa shape index (κ2) is 7.01. The van der Waals surface area contributed by atoms with Crippen molar-refractivity contribution >= 4 is 17.5 Å². The molecule has 2 aliphatic rings. The van der Waals surface area contributed by atoms with Gasteiger partial charge in [-0.05, 0) is 61.1 Å². The lowest BCUT2D eigenvalue weighted by Crippen LogP contribution is -2.46. The fraction of sp³-hybridized carbons (Fsp3) is 0.381. The van der Waals surface area contributed by atoms with Gasteiger partial charge < -0.3 is 9.64 Å². The van der Waals surface area contributed by atoms with Crippen molar-refractivity contribution in [1.82, 2.24) is 4.90 Å². The number of halogens is 2. The van der Waals surface area contributed by atoms with E-state index in [9.17, 15) is 9.18 Å². The van der Waals surface area contributed by atoms with Crippen molar-refractivity contribution in [2.75, 3.05) is 19.7 Å². The number of hydrogen-bond donors (Lipinski definition) is 0. The summed E-state index contributed by atoms with van der Waals surface area (Å²) < 4.78 is 19.4. The van der Waals surface area contributed by atoms with Gasteiger partial charge >= 0.3 is 0 Å². The third-order valence-corrected chi connectivity index (χ3v) is 5.53. The van der Waals surface area contributed by atoms with E-state index in [0.29, 0.717) is 41.8 Å². The molecule has 4 rings (SSSR count). The van der Waals surface area contributed by atoms with Crippen molar-refractivity contribution in [3.05, 3.63) is 58.4 Å². The van der Waals surface area contributed by atoms with Crippen LogP contribution in [0, 0.1) is 18.7 Å². The molecule has 1 aliphatic heterocycles. The summed E-state index contributed by atoms with van der Waals surface area (Å²) in [6.45, 7) is 3.62. The van der Waals surface area contributed by atoms with Crippen LogP contribution < -0.4 is 0 Å². The summed E-state index contributed by atoms with van der Waals surface area (Å²) >= 11 is 6.18. The molecule has 1 saturated heterocycles. The van der Waals surface area contributed by atoms with Crippen LogP contribution >= 0.6 is 11.6 Å². The van der Waals surface area contributed by atoms with Gasteiger partial charge in [-0.1, -0.05) is 23.7 Å². The average Bonchev–Trinajstić information content (AvgIpc) is 3.50. The Morgan fingerprint density at radius 1 is 1.23 bits per heavy atom. The summed E-state index contributed by atoms with van der Waals surface area (Å²) in [6, 6.07) is 10.4. The highest BCUT2D eigenvalue weighted by atomic mass is 35.5. The summed E-state index contributed by atoms with van der Waals surface area (Å²) in [5.41, 5.74) is 2.83. The molecule has 5 heteroatoms. The molecular formula is C21H21ClFNO2. The normalized spacial score (nSPS) is 20.3. The lowest BCUT2D eigenvalue weighted by atomic mass is 10.0. The molecule has 2 aromatic carbocycles. The topological polar surface area (TPSA) is 29.5 Å². The monoisotopic (exact) mass is 373 g/mol. The summed E-state index contributed by atoms with van der Waals surface area (Å²) in [5.74, 6) is 0.340. The molecule has 136 valence electrons. The average molecular weight is 374 g/mol. The zero-order valence-corrected chi connectivity index (χ0v) is 15.4. The predicted octanol–water partition coefficient (Wildman–Crippen LogP) is 4.71. The molecule has 0 radical (unpaired) electrons. The van der Waals surface area contributed by atoms with Crippen molar-refractivity contribution in [2.45, 2.75) is 25.9 Å². The molecule has 0 aromatic heterocycles. The molecule has 2 fully saturated rings. The van der Waals surface area contributed by atoms with Crippen molar-refractivity contribution in [3.63, 3.8) is 0 Å². The van der Waals surface area contributed by atoms with Crippen LogP contribution in [0.2, 0.25) is 5.02 Å². The van der Waals surface area contributed by atoms with E-state index in [1.165, 1.54) is 18.9 Å². The molecule has 0 bridgehead atoms. The van der Waals surface area contributed by atoms with Gasteiger partial charge in [-0.25, -0.2) is 4.39 Å². The van der Waals surface area contributed by atoms with Crippen molar-refractivity contribution in [3.8, 4) is 11.1 Å². The third kappa shape index (κ3) is 3.49. The van der Waals surface area contributed by atoms with Gasteiger partial charge in [0.2, 0.25) is 0 Å². The van der Waals surface area contributed by atoms with Gasteiger partial charge in [0.05, 0.1) is 17.7 Å². The van der Waals surface area contributed by atoms with E-state index in [1.807, 2.05) is 29.2 Å². The standard InChI is InChI=1S/C21H21ClFNO2/c1-13-10-17(18(22)11-19(13)23)14-2-6-16(7-3-14)21(25)24-8-9-26-20(12-24)15-4-5-15/h2-3,6-7,10-11,15,20H,4-5,8-9,12H2,1H3/t20-/m1/s1. The molecule has 0 spiro atoms. The maximum atomic E-state index is 13.6. The first kappa shape index (κ1) is 17.5. The maximum absolute atomic E-state index is 13.6. The first-order chi connectivity index (χ1) is 12.5. The molecule has 3 nitrogen and oxygen atoms in total. The van der Waals surface area contributed by atoms with Gasteiger partial charge in [0, 0.05) is 24.2 Å². The van der Waals surface area contributed by atoms with Crippen LogP contribution in [0.3, 0.4) is 0 Å². The van der Waals surface area contributed by atoms with Gasteiger partial charge in [0.25, 0.3) is 5.91 Å². The Kier molecular flexibility index (Phi) is 4.72. The minimum Gasteiger partial charge on any atom is -0.374 e. The van der Waals surface area contributed by atoms with Gasteiger partial charge in [-0.2, -0.15) is 0 Å². The van der Waals surface area contributed by atoms with Crippen LogP contribution in [0.1, 0.15) is 28.8 Å². The summed E-state index contributed by atoms with van der Waals surface area (Å²) in [5, 5.41) is 0.368. The molecule has 0 unspecified atom stereocenters. The minimum absolute atomic E-state index is 0.0342. The highest BCUT2D eigenvalue weighted by Crippen LogP contribution is 2.36. The van der Waals surface area contributed by atoms with Crippen LogP contribution in [0.15, 0.2) is 36.4 Å². The molecule has 1 aliphatic carbocycles. The van der Waals surface area contributed by atoms with Crippen LogP contribution in [-0.2, 0) is 4.74 Å². The number of rotatable bonds is 3. The van der Waals surface area contributed by atoms with E-state index >= 15 is 0 Å². The van der Waals surface area contributed by atoms with Gasteiger partial charge in [0.15, 0.2) is 0 Å². The highest BCUT2D eigenvalue weighted by Gasteiger charge is 2.36. The van der Waals surface area contributed by atoms with E-state index in [4.69, 9.17) is 16.3 Å². The van der Waals surface area contributed by atoms with Crippen molar-refractivity contribution < 1.29 is 13.9 Å². The van der Waals surface area contributed by atoms with E-state index in [0.717, 1.165) is 11.1 Å². The lowest BCUT2D eigenvalue weighted by Gasteiger charge is -2.33. The second-order valence-corrected chi connectivity index (χ2v) is 7.56. The largest absolute Gasteiger partial charge is 0.374 e. The van der Waals surface area contributed by atoms with Crippen molar-refractivity contribution in [1.29, 1.82) is 0 Å². The van der Waals surface area contributed by atoms with Gasteiger partial charge in [-0.15, -0.1) is 0 Å². The fourth-order valence-electron chi connectivity index (χ4n) is 3.47. The number of hydrogen-bond acceptors (Lipinski definition) is 2. The Morgan fingerprint density at radius 2 is 1.96 bits per heavy atom. The molecular weight excluding hydrogens is 353 g/mol. The maximum Gasteiger partial charge on any atom is 0.254 e. The van der Waals surface area contributed by atoms with Crippen LogP contribution in [-0.4, -0.2) is 36.6 Å². The summed E-state index contributed by atoms with van der Waals surface area (Å²) in [6.07, 6.45) is 2.60. The fourth-order valence-corrected chi connectivity index (χ4v) is 3.73. The number of ether oxygens (including phenoxy) is 1. The van der Waals surface area contributed by atoms with Gasteiger partial charge in [-0.3, -0.25) is 4.79 Å². The summed E-state index contributed by atoms with van der Waals surface area (Å²) in [7, 11) is 0. The molecule has 2 aromatic rings. The number of benzene rings is 2. The zero-order valence-electron chi connectivity index (χ0n) is 14.7. The lowest BCUT2D eigenvalue weighted by molar-refractivity contribution is -0.0313. The zero-order chi connectivity index (χ0) is 18.3. The number of amides is 1. The molecule has 1 atom stereocenters. The Morgan fingerprint density at radius 3 is 2.65 bits per heavy atom. The second-order valence-electron chi connectivity index (χ2n) is 7.16. The Labute approximate surface area is 157 Å². The molecule has 1 amide bonds. The van der Waals surface area contributed by atoms with Crippen LogP contribution in [0.4, 0.5) is 4.39 Å².